The summed E-state index contributed by atoms with van der Waals surface area (Å²) in [6.45, 7) is 27.6. The lowest BCUT2D eigenvalue weighted by Crippen LogP contribution is -2.63. The third kappa shape index (κ3) is 8.18. The molecule has 0 aliphatic heterocycles. The molecule has 1 atom stereocenters. The fourth-order valence-electron chi connectivity index (χ4n) is 2.43. The largest absolute Gasteiger partial charge is 0.435 e. The molecule has 0 bridgehead atoms. The van der Waals surface area contributed by atoms with Gasteiger partial charge < -0.3 is 12.7 Å². The highest BCUT2D eigenvalue weighted by Gasteiger charge is 2.49. The summed E-state index contributed by atoms with van der Waals surface area (Å²) in [7, 11) is -8.04. The molecule has 3 nitrogen and oxygen atoms in total. The van der Waals surface area contributed by atoms with Crippen LogP contribution in [0.15, 0.2) is 0 Å². The van der Waals surface area contributed by atoms with Crippen LogP contribution in [0.2, 0.25) is 72.0 Å². The van der Waals surface area contributed by atoms with E-state index < -0.39 is 41.3 Å². The molecular weight excluding hydrogens is 357 g/mol. The summed E-state index contributed by atoms with van der Waals surface area (Å²) < 4.78 is 20.1. The first-order valence-electron chi connectivity index (χ1n) is 8.60. The number of rotatable bonds is 9. The summed E-state index contributed by atoms with van der Waals surface area (Å²) in [5.41, 5.74) is 0.169. The molecule has 0 aliphatic carbocycles. The molecule has 0 saturated carbocycles. The van der Waals surface area contributed by atoms with Crippen molar-refractivity contribution in [2.75, 3.05) is 0 Å². The molecule has 134 valence electrons. The van der Waals surface area contributed by atoms with Gasteiger partial charge in [-0.25, -0.2) is 0 Å². The van der Waals surface area contributed by atoms with Crippen LogP contribution in [0, 0.1) is 0 Å². The fraction of sp³-hybridized carbons (Fsp3) is 1.00. The zero-order valence-corrected chi connectivity index (χ0v) is 22.2. The highest BCUT2D eigenvalue weighted by atomic mass is 29.2. The van der Waals surface area contributed by atoms with E-state index in [2.05, 4.69) is 78.9 Å². The Hall–Kier alpha value is 0.964. The predicted octanol–water partition coefficient (Wildman–Crippen LogP) is 4.87. The van der Waals surface area contributed by atoms with Crippen LogP contribution in [-0.4, -0.2) is 47.1 Å². The van der Waals surface area contributed by atoms with Gasteiger partial charge in [0.2, 0.25) is 0 Å². The lowest BCUT2D eigenvalue weighted by molar-refractivity contribution is 0.204. The summed E-state index contributed by atoms with van der Waals surface area (Å²) in [5.74, 6) is 0. The second kappa shape index (κ2) is 7.90. The molecule has 0 aromatic carbocycles. The standard InChI is InChI=1S/C14H40O3Si5/c1-13-14(15-21(10,11)18(2)3)22(12,16-19(4,5)6)17-20(7,8)9/h14,18H,13H2,1-12H3. The SMILES string of the molecule is CCC(O[Si](C)(C)[SiH](C)C)[Si](C)(O[Si](C)(C)C)O[Si](C)(C)C. The molecule has 0 rings (SSSR count). The second-order valence-electron chi connectivity index (χ2n) is 9.22. The highest BCUT2D eigenvalue weighted by molar-refractivity contribution is 7.28. The van der Waals surface area contributed by atoms with Crippen LogP contribution in [0.4, 0.5) is 0 Å². The summed E-state index contributed by atoms with van der Waals surface area (Å²) in [6, 6.07) is 0. The van der Waals surface area contributed by atoms with E-state index in [1.54, 1.807) is 0 Å². The zero-order chi connectivity index (χ0) is 18.0. The summed E-state index contributed by atoms with van der Waals surface area (Å²) >= 11 is 0. The normalized spacial score (nSPS) is 16.2. The summed E-state index contributed by atoms with van der Waals surface area (Å²) in [6.07, 6.45) is 0.995. The Balaban J connectivity index is 5.52. The molecule has 0 amide bonds. The third-order valence-electron chi connectivity index (χ3n) is 3.81. The van der Waals surface area contributed by atoms with E-state index in [1.165, 1.54) is 0 Å². The highest BCUT2D eigenvalue weighted by Crippen LogP contribution is 2.29. The molecule has 0 fully saturated rings. The minimum atomic E-state index is -2.35. The molecule has 8 heteroatoms. The van der Waals surface area contributed by atoms with Gasteiger partial charge in [0.15, 0.2) is 24.5 Å². The lowest BCUT2D eigenvalue weighted by Gasteiger charge is -2.45. The maximum atomic E-state index is 6.76. The molecule has 0 N–H and O–H groups in total. The van der Waals surface area contributed by atoms with Crippen molar-refractivity contribution in [3.63, 3.8) is 0 Å². The molecule has 0 spiro atoms. The third-order valence-corrected chi connectivity index (χ3v) is 26.3. The fourth-order valence-corrected chi connectivity index (χ4v) is 19.2. The van der Waals surface area contributed by atoms with E-state index in [-0.39, 0.29) is 5.73 Å². The quantitative estimate of drug-likeness (QED) is 0.520. The van der Waals surface area contributed by atoms with Crippen LogP contribution in [0.1, 0.15) is 13.3 Å². The van der Waals surface area contributed by atoms with Gasteiger partial charge in [0.1, 0.15) is 0 Å². The molecule has 0 aliphatic rings. The Bertz CT molecular complexity index is 331. The monoisotopic (exact) mass is 396 g/mol. The predicted molar refractivity (Wildman–Crippen MR) is 112 cm³/mol. The van der Waals surface area contributed by atoms with Gasteiger partial charge in [-0.15, -0.1) is 0 Å². The van der Waals surface area contributed by atoms with Crippen LogP contribution in [0.25, 0.3) is 0 Å². The van der Waals surface area contributed by atoms with Gasteiger partial charge in [-0.2, -0.15) is 0 Å². The minimum Gasteiger partial charge on any atom is -0.435 e. The van der Waals surface area contributed by atoms with Crippen molar-refractivity contribution in [3.8, 4) is 0 Å². The van der Waals surface area contributed by atoms with Gasteiger partial charge in [-0.05, 0) is 65.3 Å². The molecular formula is C14H40O3Si5. The van der Waals surface area contributed by atoms with Crippen LogP contribution in [0.3, 0.4) is 0 Å². The first kappa shape index (κ1) is 23.0. The average Bonchev–Trinajstić information content (AvgIpc) is 2.19. The van der Waals surface area contributed by atoms with Crippen molar-refractivity contribution in [1.29, 1.82) is 0 Å². The zero-order valence-electron chi connectivity index (χ0n) is 17.1. The van der Waals surface area contributed by atoms with Gasteiger partial charge in [0.25, 0.3) is 0 Å². The minimum absolute atomic E-state index is 0.169. The lowest BCUT2D eigenvalue weighted by atomic mass is 10.5. The molecule has 22 heavy (non-hydrogen) atoms. The van der Waals surface area contributed by atoms with Gasteiger partial charge in [0, 0.05) is 0 Å². The Labute approximate surface area is 145 Å². The van der Waals surface area contributed by atoms with Crippen molar-refractivity contribution in [1.82, 2.24) is 0 Å². The molecule has 0 radical (unpaired) electrons. The average molecular weight is 397 g/mol. The first-order chi connectivity index (χ1) is 9.52. The second-order valence-corrected chi connectivity index (χ2v) is 35.4. The maximum absolute atomic E-state index is 6.76. The topological polar surface area (TPSA) is 27.7 Å². The number of hydrogen-bond donors (Lipinski definition) is 0. The van der Waals surface area contributed by atoms with E-state index >= 15 is 0 Å². The Morgan fingerprint density at radius 3 is 1.36 bits per heavy atom. The summed E-state index contributed by atoms with van der Waals surface area (Å²) in [4.78, 5) is 0. The van der Waals surface area contributed by atoms with Crippen molar-refractivity contribution in [2.24, 2.45) is 0 Å². The van der Waals surface area contributed by atoms with Crippen LogP contribution < -0.4 is 0 Å². The maximum Gasteiger partial charge on any atom is 0.342 e. The van der Waals surface area contributed by atoms with Crippen LogP contribution >= 0.6 is 0 Å². The van der Waals surface area contributed by atoms with Gasteiger partial charge in [0.05, 0.1) is 14.0 Å². The van der Waals surface area contributed by atoms with Crippen molar-refractivity contribution >= 4 is 41.3 Å². The van der Waals surface area contributed by atoms with E-state index in [9.17, 15) is 0 Å². The van der Waals surface area contributed by atoms with Gasteiger partial charge >= 0.3 is 8.56 Å². The molecule has 0 aromatic heterocycles. The van der Waals surface area contributed by atoms with Crippen molar-refractivity contribution in [2.45, 2.75) is 91.1 Å². The van der Waals surface area contributed by atoms with E-state index in [0.717, 1.165) is 6.42 Å². The molecule has 0 aromatic rings. The Kier molecular flexibility index (Phi) is 8.24. The number of hydrogen-bond acceptors (Lipinski definition) is 3. The van der Waals surface area contributed by atoms with Crippen LogP contribution in [-0.2, 0) is 12.7 Å². The molecule has 1 unspecified atom stereocenters. The molecule has 0 heterocycles. The van der Waals surface area contributed by atoms with Gasteiger partial charge in [-0.1, -0.05) is 20.0 Å². The Morgan fingerprint density at radius 1 is 0.773 bits per heavy atom. The smallest absolute Gasteiger partial charge is 0.342 e. The molecule has 0 saturated heterocycles. The van der Waals surface area contributed by atoms with E-state index in [1.807, 2.05) is 0 Å². The summed E-state index contributed by atoms with van der Waals surface area (Å²) in [5, 5.41) is 0. The van der Waals surface area contributed by atoms with Crippen molar-refractivity contribution in [3.05, 3.63) is 0 Å². The van der Waals surface area contributed by atoms with E-state index in [0.29, 0.717) is 0 Å². The van der Waals surface area contributed by atoms with Gasteiger partial charge in [-0.3, -0.25) is 0 Å². The van der Waals surface area contributed by atoms with Crippen LogP contribution in [0.5, 0.6) is 0 Å². The van der Waals surface area contributed by atoms with E-state index in [4.69, 9.17) is 12.7 Å². The van der Waals surface area contributed by atoms with Crippen molar-refractivity contribution < 1.29 is 12.7 Å². The Morgan fingerprint density at radius 2 is 1.14 bits per heavy atom. The first-order valence-corrected chi connectivity index (χ1v) is 24.8.